The van der Waals surface area contributed by atoms with E-state index < -0.39 is 0 Å². The number of rotatable bonds is 8. The highest BCUT2D eigenvalue weighted by molar-refractivity contribution is 5.29. The lowest BCUT2D eigenvalue weighted by molar-refractivity contribution is 0.445. The SMILES string of the molecule is CCCN(c1nnc(CNCC(C)C)o1)C1CC1. The number of hydrogen-bond acceptors (Lipinski definition) is 5. The fourth-order valence-corrected chi connectivity index (χ4v) is 1.96. The van der Waals surface area contributed by atoms with E-state index in [0.29, 0.717) is 30.4 Å². The molecular formula is C13H24N4O. The third-order valence-electron chi connectivity index (χ3n) is 2.98. The maximum Gasteiger partial charge on any atom is 0.318 e. The van der Waals surface area contributed by atoms with Gasteiger partial charge in [0.25, 0.3) is 0 Å². The molecule has 0 unspecified atom stereocenters. The number of anilines is 1. The Balaban J connectivity index is 1.87. The average Bonchev–Trinajstić information content (AvgIpc) is 3.06. The minimum absolute atomic E-state index is 0.627. The van der Waals surface area contributed by atoms with Gasteiger partial charge in [0.15, 0.2) is 0 Å². The molecule has 1 saturated carbocycles. The molecule has 0 aliphatic heterocycles. The van der Waals surface area contributed by atoms with E-state index in [-0.39, 0.29) is 0 Å². The van der Waals surface area contributed by atoms with E-state index in [1.807, 2.05) is 0 Å². The van der Waals surface area contributed by atoms with Crippen LogP contribution >= 0.6 is 0 Å². The minimum Gasteiger partial charge on any atom is -0.407 e. The summed E-state index contributed by atoms with van der Waals surface area (Å²) in [6, 6.07) is 1.32. The molecule has 1 N–H and O–H groups in total. The Morgan fingerprint density at radius 1 is 1.39 bits per heavy atom. The summed E-state index contributed by atoms with van der Waals surface area (Å²) in [7, 11) is 0. The lowest BCUT2D eigenvalue weighted by Gasteiger charge is -2.18. The Labute approximate surface area is 109 Å². The van der Waals surface area contributed by atoms with Gasteiger partial charge in [0.1, 0.15) is 0 Å². The second-order valence-corrected chi connectivity index (χ2v) is 5.43. The van der Waals surface area contributed by atoms with Gasteiger partial charge in [-0.05, 0) is 31.7 Å². The Morgan fingerprint density at radius 3 is 2.78 bits per heavy atom. The molecule has 5 heteroatoms. The topological polar surface area (TPSA) is 54.2 Å². The van der Waals surface area contributed by atoms with Crippen LogP contribution in [0.2, 0.25) is 0 Å². The summed E-state index contributed by atoms with van der Waals surface area (Å²) in [6.07, 6.45) is 3.62. The van der Waals surface area contributed by atoms with Crippen LogP contribution in [0, 0.1) is 5.92 Å². The quantitative estimate of drug-likeness (QED) is 0.768. The van der Waals surface area contributed by atoms with Crippen LogP contribution in [0.5, 0.6) is 0 Å². The van der Waals surface area contributed by atoms with Crippen molar-refractivity contribution < 1.29 is 4.42 Å². The fraction of sp³-hybridized carbons (Fsp3) is 0.846. The van der Waals surface area contributed by atoms with Crippen molar-refractivity contribution in [2.75, 3.05) is 18.0 Å². The molecule has 0 radical (unpaired) electrons. The summed E-state index contributed by atoms with van der Waals surface area (Å²) in [5, 5.41) is 11.6. The van der Waals surface area contributed by atoms with Crippen LogP contribution in [0.25, 0.3) is 0 Å². The van der Waals surface area contributed by atoms with Gasteiger partial charge in [-0.15, -0.1) is 5.10 Å². The highest BCUT2D eigenvalue weighted by Gasteiger charge is 2.31. The number of nitrogens with zero attached hydrogens (tertiary/aromatic N) is 3. The van der Waals surface area contributed by atoms with E-state index in [1.165, 1.54) is 12.8 Å². The zero-order valence-corrected chi connectivity index (χ0v) is 11.6. The van der Waals surface area contributed by atoms with Crippen molar-refractivity contribution in [2.45, 2.75) is 52.6 Å². The van der Waals surface area contributed by atoms with Crippen molar-refractivity contribution in [1.82, 2.24) is 15.5 Å². The second-order valence-electron chi connectivity index (χ2n) is 5.43. The molecule has 0 amide bonds. The monoisotopic (exact) mass is 252 g/mol. The van der Waals surface area contributed by atoms with Crippen LogP contribution in [-0.2, 0) is 6.54 Å². The van der Waals surface area contributed by atoms with E-state index in [9.17, 15) is 0 Å². The Hall–Kier alpha value is -1.10. The second kappa shape index (κ2) is 6.18. The van der Waals surface area contributed by atoms with Crippen LogP contribution in [-0.4, -0.2) is 29.3 Å². The standard InChI is InChI=1S/C13H24N4O/c1-4-7-17(11-5-6-11)13-16-15-12(18-13)9-14-8-10(2)3/h10-11,14H,4-9H2,1-3H3. The lowest BCUT2D eigenvalue weighted by Crippen LogP contribution is -2.26. The molecule has 102 valence electrons. The third kappa shape index (κ3) is 3.70. The average molecular weight is 252 g/mol. The van der Waals surface area contributed by atoms with Gasteiger partial charge in [-0.2, -0.15) is 0 Å². The van der Waals surface area contributed by atoms with Crippen LogP contribution in [0.1, 0.15) is 45.9 Å². The van der Waals surface area contributed by atoms with Gasteiger partial charge < -0.3 is 14.6 Å². The number of hydrogen-bond donors (Lipinski definition) is 1. The van der Waals surface area contributed by atoms with Crippen molar-refractivity contribution in [1.29, 1.82) is 0 Å². The maximum absolute atomic E-state index is 5.72. The van der Waals surface area contributed by atoms with E-state index in [2.05, 4.69) is 41.2 Å². The summed E-state index contributed by atoms with van der Waals surface area (Å²) < 4.78 is 5.72. The first-order valence-electron chi connectivity index (χ1n) is 7.00. The van der Waals surface area contributed by atoms with E-state index in [1.54, 1.807) is 0 Å². The van der Waals surface area contributed by atoms with Crippen molar-refractivity contribution >= 4 is 6.01 Å². The molecule has 0 atom stereocenters. The molecule has 1 aliphatic carbocycles. The maximum atomic E-state index is 5.72. The zero-order chi connectivity index (χ0) is 13.0. The van der Waals surface area contributed by atoms with E-state index in [0.717, 1.165) is 19.5 Å². The number of nitrogens with one attached hydrogen (secondary N) is 1. The highest BCUT2D eigenvalue weighted by atomic mass is 16.4. The summed E-state index contributed by atoms with van der Waals surface area (Å²) in [4.78, 5) is 2.25. The molecule has 0 aromatic carbocycles. The van der Waals surface area contributed by atoms with Crippen LogP contribution in [0.3, 0.4) is 0 Å². The molecule has 5 nitrogen and oxygen atoms in total. The molecule has 0 spiro atoms. The summed E-state index contributed by atoms with van der Waals surface area (Å²) in [5.41, 5.74) is 0. The first-order valence-corrected chi connectivity index (χ1v) is 7.00. The fourth-order valence-electron chi connectivity index (χ4n) is 1.96. The minimum atomic E-state index is 0.627. The highest BCUT2D eigenvalue weighted by Crippen LogP contribution is 2.30. The van der Waals surface area contributed by atoms with Crippen LogP contribution in [0.15, 0.2) is 4.42 Å². The summed E-state index contributed by atoms with van der Waals surface area (Å²) in [5.74, 6) is 1.32. The van der Waals surface area contributed by atoms with Gasteiger partial charge in [-0.3, -0.25) is 0 Å². The zero-order valence-electron chi connectivity index (χ0n) is 11.6. The lowest BCUT2D eigenvalue weighted by atomic mass is 10.2. The largest absolute Gasteiger partial charge is 0.407 e. The molecule has 18 heavy (non-hydrogen) atoms. The molecule has 1 fully saturated rings. The van der Waals surface area contributed by atoms with E-state index >= 15 is 0 Å². The van der Waals surface area contributed by atoms with Gasteiger partial charge in [0, 0.05) is 12.6 Å². The predicted molar refractivity (Wildman–Crippen MR) is 71.5 cm³/mol. The molecule has 1 heterocycles. The Bertz CT molecular complexity index is 360. The van der Waals surface area contributed by atoms with Crippen LogP contribution in [0.4, 0.5) is 6.01 Å². The van der Waals surface area contributed by atoms with Gasteiger partial charge in [-0.25, -0.2) is 0 Å². The van der Waals surface area contributed by atoms with Crippen molar-refractivity contribution in [3.63, 3.8) is 0 Å². The van der Waals surface area contributed by atoms with Gasteiger partial charge >= 0.3 is 6.01 Å². The molecule has 1 aromatic heterocycles. The molecule has 0 saturated heterocycles. The van der Waals surface area contributed by atoms with Gasteiger partial charge in [-0.1, -0.05) is 25.9 Å². The smallest absolute Gasteiger partial charge is 0.318 e. The van der Waals surface area contributed by atoms with E-state index in [4.69, 9.17) is 4.42 Å². The predicted octanol–water partition coefficient (Wildman–Crippen LogP) is 2.19. The van der Waals surface area contributed by atoms with Gasteiger partial charge in [0.05, 0.1) is 6.54 Å². The normalized spacial score (nSPS) is 15.3. The Kier molecular flexibility index (Phi) is 4.58. The summed E-state index contributed by atoms with van der Waals surface area (Å²) >= 11 is 0. The van der Waals surface area contributed by atoms with Crippen molar-refractivity contribution in [3.8, 4) is 0 Å². The van der Waals surface area contributed by atoms with Crippen molar-refractivity contribution in [3.05, 3.63) is 5.89 Å². The summed E-state index contributed by atoms with van der Waals surface area (Å²) in [6.45, 7) is 9.18. The van der Waals surface area contributed by atoms with Gasteiger partial charge in [0.2, 0.25) is 5.89 Å². The Morgan fingerprint density at radius 2 is 2.17 bits per heavy atom. The first kappa shape index (κ1) is 13.3. The molecule has 0 bridgehead atoms. The first-order chi connectivity index (χ1) is 8.70. The molecule has 1 aliphatic rings. The third-order valence-corrected chi connectivity index (χ3v) is 2.98. The molecule has 1 aromatic rings. The number of aromatic nitrogens is 2. The van der Waals surface area contributed by atoms with Crippen molar-refractivity contribution in [2.24, 2.45) is 5.92 Å². The van der Waals surface area contributed by atoms with Crippen LogP contribution < -0.4 is 10.2 Å². The molecule has 2 rings (SSSR count). The molecular weight excluding hydrogens is 228 g/mol.